The van der Waals surface area contributed by atoms with E-state index in [9.17, 15) is 14.7 Å². The number of methoxy groups -OCH3 is 2. The van der Waals surface area contributed by atoms with Crippen LogP contribution in [0.2, 0.25) is 0 Å². The summed E-state index contributed by atoms with van der Waals surface area (Å²) >= 11 is 1.31. The first kappa shape index (κ1) is 21.2. The number of nitrogens with zero attached hydrogens (tertiary/aromatic N) is 2. The first-order valence-electron chi connectivity index (χ1n) is 10.7. The van der Waals surface area contributed by atoms with Crippen molar-refractivity contribution in [3.63, 3.8) is 0 Å². The summed E-state index contributed by atoms with van der Waals surface area (Å²) in [6.07, 6.45) is 0. The predicted octanol–water partition coefficient (Wildman–Crippen LogP) is 4.88. The van der Waals surface area contributed by atoms with E-state index in [1.54, 1.807) is 49.6 Å². The van der Waals surface area contributed by atoms with Crippen LogP contribution in [0.1, 0.15) is 27.7 Å². The number of anilines is 1. The molecule has 0 fully saturated rings. The number of benzene rings is 3. The number of para-hydroxylation sites is 1. The van der Waals surface area contributed by atoms with Crippen LogP contribution in [-0.4, -0.2) is 30.2 Å². The molecule has 8 nitrogen and oxygen atoms in total. The molecule has 35 heavy (non-hydrogen) atoms. The highest BCUT2D eigenvalue weighted by atomic mass is 32.1. The van der Waals surface area contributed by atoms with Crippen molar-refractivity contribution in [2.24, 2.45) is 0 Å². The molecule has 5 aromatic rings. The minimum Gasteiger partial charge on any atom is -0.504 e. The van der Waals surface area contributed by atoms with E-state index in [0.717, 1.165) is 4.70 Å². The molecule has 1 amide bonds. The molecule has 1 atom stereocenters. The Labute approximate surface area is 202 Å². The molecule has 0 radical (unpaired) electrons. The smallest absolute Gasteiger partial charge is 0.297 e. The second-order valence-electron chi connectivity index (χ2n) is 8.01. The molecule has 9 heteroatoms. The van der Waals surface area contributed by atoms with E-state index in [-0.39, 0.29) is 28.3 Å². The van der Waals surface area contributed by atoms with Gasteiger partial charge in [0.1, 0.15) is 11.3 Å². The van der Waals surface area contributed by atoms with Gasteiger partial charge < -0.3 is 19.0 Å². The van der Waals surface area contributed by atoms with Crippen LogP contribution in [0.15, 0.2) is 69.9 Å². The van der Waals surface area contributed by atoms with Crippen molar-refractivity contribution in [1.82, 2.24) is 4.98 Å². The number of phenols is 1. The number of hydrogen-bond donors (Lipinski definition) is 1. The number of amides is 1. The number of hydrogen-bond acceptors (Lipinski definition) is 8. The zero-order valence-corrected chi connectivity index (χ0v) is 19.5. The van der Waals surface area contributed by atoms with Crippen LogP contribution in [0.5, 0.6) is 17.2 Å². The van der Waals surface area contributed by atoms with Crippen molar-refractivity contribution >= 4 is 43.6 Å². The monoisotopic (exact) mass is 486 g/mol. The highest BCUT2D eigenvalue weighted by Crippen LogP contribution is 2.45. The average molecular weight is 487 g/mol. The van der Waals surface area contributed by atoms with Gasteiger partial charge in [0.15, 0.2) is 22.1 Å². The van der Waals surface area contributed by atoms with Crippen molar-refractivity contribution in [2.75, 3.05) is 19.1 Å². The van der Waals surface area contributed by atoms with Gasteiger partial charge in [-0.05, 0) is 48.0 Å². The molecule has 3 heterocycles. The Bertz CT molecular complexity index is 1710. The minimum absolute atomic E-state index is 0.0254. The lowest BCUT2D eigenvalue weighted by molar-refractivity contribution is 0.0971. The topological polar surface area (TPSA) is 102 Å². The minimum atomic E-state index is -0.824. The summed E-state index contributed by atoms with van der Waals surface area (Å²) in [6.45, 7) is 0. The zero-order valence-electron chi connectivity index (χ0n) is 18.6. The van der Waals surface area contributed by atoms with Crippen LogP contribution in [0.3, 0.4) is 0 Å². The third-order valence-electron chi connectivity index (χ3n) is 6.09. The summed E-state index contributed by atoms with van der Waals surface area (Å²) < 4.78 is 17.4. The van der Waals surface area contributed by atoms with E-state index in [1.165, 1.54) is 29.4 Å². The standard InChI is InChI=1S/C26H18N2O6S/c1-32-14-8-9-16-20(12-14)35-26(27-16)28-22(13-7-10-17(29)19(11-13)33-2)21-23(30)15-5-3-4-6-18(15)34-24(21)25(28)31/h3-12,22,29H,1-2H3/t22-/m1/s1. The van der Waals surface area contributed by atoms with Crippen LogP contribution in [-0.2, 0) is 0 Å². The molecule has 6 rings (SSSR count). The number of fused-ring (bicyclic) bond motifs is 3. The van der Waals surface area contributed by atoms with Gasteiger partial charge in [0.2, 0.25) is 5.76 Å². The summed E-state index contributed by atoms with van der Waals surface area (Å²) in [6, 6.07) is 16.2. The Morgan fingerprint density at radius 1 is 1.03 bits per heavy atom. The molecular weight excluding hydrogens is 468 g/mol. The summed E-state index contributed by atoms with van der Waals surface area (Å²) in [4.78, 5) is 33.6. The number of carbonyl (C=O) groups excluding carboxylic acids is 1. The Morgan fingerprint density at radius 2 is 1.86 bits per heavy atom. The third-order valence-corrected chi connectivity index (χ3v) is 7.11. The molecule has 0 unspecified atom stereocenters. The maximum absolute atomic E-state index is 13.8. The SMILES string of the molecule is COc1ccc2nc(N3C(=O)c4oc5ccccc5c(=O)c4[C@H]3c3ccc(O)c(OC)c3)sc2c1. The van der Waals surface area contributed by atoms with Crippen LogP contribution in [0.25, 0.3) is 21.2 Å². The van der Waals surface area contributed by atoms with Gasteiger partial charge in [0.25, 0.3) is 5.91 Å². The molecular formula is C26H18N2O6S. The first-order valence-corrected chi connectivity index (χ1v) is 11.5. The molecule has 1 aliphatic rings. The number of carbonyl (C=O) groups is 1. The molecule has 0 aliphatic carbocycles. The summed E-state index contributed by atoms with van der Waals surface area (Å²) in [5.74, 6) is 0.354. The second kappa shape index (κ2) is 7.85. The fourth-order valence-corrected chi connectivity index (χ4v) is 5.44. The normalized spacial score (nSPS) is 15.1. The number of ether oxygens (including phenoxy) is 2. The van der Waals surface area contributed by atoms with Gasteiger partial charge in [0.05, 0.1) is 41.4 Å². The predicted molar refractivity (Wildman–Crippen MR) is 132 cm³/mol. The largest absolute Gasteiger partial charge is 0.504 e. The molecule has 0 saturated carbocycles. The van der Waals surface area contributed by atoms with Crippen molar-refractivity contribution < 1.29 is 23.8 Å². The van der Waals surface area contributed by atoms with Gasteiger partial charge in [-0.1, -0.05) is 29.5 Å². The number of thiazole rings is 1. The van der Waals surface area contributed by atoms with Gasteiger partial charge in [-0.15, -0.1) is 0 Å². The lowest BCUT2D eigenvalue weighted by atomic mass is 9.98. The molecule has 2 aromatic heterocycles. The van der Waals surface area contributed by atoms with E-state index < -0.39 is 11.9 Å². The van der Waals surface area contributed by atoms with E-state index in [4.69, 9.17) is 13.9 Å². The number of aromatic hydroxyl groups is 1. The summed E-state index contributed by atoms with van der Waals surface area (Å²) in [7, 11) is 3.02. The number of phenolic OH excluding ortho intramolecular Hbond substituents is 1. The summed E-state index contributed by atoms with van der Waals surface area (Å²) in [5, 5.41) is 10.9. The maximum atomic E-state index is 13.8. The van der Waals surface area contributed by atoms with Gasteiger partial charge in [-0.2, -0.15) is 0 Å². The van der Waals surface area contributed by atoms with Crippen LogP contribution >= 0.6 is 11.3 Å². The average Bonchev–Trinajstić information content (AvgIpc) is 3.42. The van der Waals surface area contributed by atoms with E-state index in [2.05, 4.69) is 4.98 Å². The van der Waals surface area contributed by atoms with E-state index >= 15 is 0 Å². The van der Waals surface area contributed by atoms with Gasteiger partial charge in [0, 0.05) is 0 Å². The summed E-state index contributed by atoms with van der Waals surface area (Å²) in [5.41, 5.74) is 1.53. The van der Waals surface area contributed by atoms with Crippen molar-refractivity contribution in [1.29, 1.82) is 0 Å². The van der Waals surface area contributed by atoms with Crippen LogP contribution < -0.4 is 19.8 Å². The fourth-order valence-electron chi connectivity index (χ4n) is 4.42. The first-order chi connectivity index (χ1) is 17.0. The molecule has 3 aromatic carbocycles. The van der Waals surface area contributed by atoms with E-state index in [0.29, 0.717) is 32.9 Å². The Hall–Kier alpha value is -4.37. The fraction of sp³-hybridized carbons (Fsp3) is 0.115. The Balaban J connectivity index is 1.62. The Morgan fingerprint density at radius 3 is 2.66 bits per heavy atom. The van der Waals surface area contributed by atoms with Crippen LogP contribution in [0.4, 0.5) is 5.13 Å². The van der Waals surface area contributed by atoms with Gasteiger partial charge in [-0.25, -0.2) is 4.98 Å². The molecule has 174 valence electrons. The van der Waals surface area contributed by atoms with Crippen molar-refractivity contribution in [3.8, 4) is 17.2 Å². The van der Waals surface area contributed by atoms with E-state index in [1.807, 2.05) is 12.1 Å². The second-order valence-corrected chi connectivity index (χ2v) is 9.02. The van der Waals surface area contributed by atoms with Gasteiger partial charge >= 0.3 is 0 Å². The Kier molecular flexibility index (Phi) is 4.75. The maximum Gasteiger partial charge on any atom is 0.297 e. The van der Waals surface area contributed by atoms with Crippen molar-refractivity contribution in [2.45, 2.75) is 6.04 Å². The van der Waals surface area contributed by atoms with Crippen LogP contribution in [0, 0.1) is 0 Å². The van der Waals surface area contributed by atoms with Crippen molar-refractivity contribution in [3.05, 3.63) is 87.8 Å². The highest BCUT2D eigenvalue weighted by Gasteiger charge is 2.45. The molecule has 1 aliphatic heterocycles. The molecule has 1 N–H and O–H groups in total. The molecule has 0 saturated heterocycles. The molecule has 0 bridgehead atoms. The lowest BCUT2D eigenvalue weighted by Gasteiger charge is -2.23. The quantitative estimate of drug-likeness (QED) is 0.386. The lowest BCUT2D eigenvalue weighted by Crippen LogP contribution is -2.29. The number of rotatable bonds is 4. The molecule has 0 spiro atoms. The zero-order chi connectivity index (χ0) is 24.3. The number of aromatic nitrogens is 1. The third kappa shape index (κ3) is 3.16. The highest BCUT2D eigenvalue weighted by molar-refractivity contribution is 7.22. The van der Waals surface area contributed by atoms with Gasteiger partial charge in [-0.3, -0.25) is 14.5 Å².